The van der Waals surface area contributed by atoms with Crippen LogP contribution in [0.3, 0.4) is 0 Å². The van der Waals surface area contributed by atoms with Crippen LogP contribution in [-0.4, -0.2) is 27.4 Å². The summed E-state index contributed by atoms with van der Waals surface area (Å²) in [6, 6.07) is 12.5. The zero-order valence-corrected chi connectivity index (χ0v) is 14.5. The van der Waals surface area contributed by atoms with E-state index in [0.29, 0.717) is 24.7 Å². The molecule has 7 heteroatoms. The Labute approximate surface area is 145 Å². The van der Waals surface area contributed by atoms with Gasteiger partial charge in [-0.3, -0.25) is 0 Å². The van der Waals surface area contributed by atoms with Gasteiger partial charge in [-0.25, -0.2) is 13.1 Å². The summed E-state index contributed by atoms with van der Waals surface area (Å²) in [7, 11) is -3.63. The second-order valence-corrected chi connectivity index (χ2v) is 8.51. The highest BCUT2D eigenvalue weighted by atomic mass is 32.2. The van der Waals surface area contributed by atoms with Crippen LogP contribution in [0.1, 0.15) is 18.0 Å². The standard InChI is InChI=1S/C17H17NO4S2/c19-24(20,12-5-6-15-16(11-12)22-9-8-21-15)18-14-7-10-23-17-4-2-1-3-13(14)17/h1-6,11,14,18H,7-10H2/t14-/m0/s1. The van der Waals surface area contributed by atoms with Gasteiger partial charge in [-0.1, -0.05) is 18.2 Å². The summed E-state index contributed by atoms with van der Waals surface area (Å²) in [6.07, 6.45) is 0.769. The maximum atomic E-state index is 12.8. The monoisotopic (exact) mass is 363 g/mol. The van der Waals surface area contributed by atoms with E-state index in [1.165, 1.54) is 6.07 Å². The highest BCUT2D eigenvalue weighted by Gasteiger charge is 2.27. The molecule has 0 bridgehead atoms. The van der Waals surface area contributed by atoms with E-state index in [2.05, 4.69) is 4.72 Å². The molecule has 0 unspecified atom stereocenters. The van der Waals surface area contributed by atoms with E-state index in [9.17, 15) is 8.42 Å². The largest absolute Gasteiger partial charge is 0.486 e. The maximum absolute atomic E-state index is 12.8. The number of hydrogen-bond donors (Lipinski definition) is 1. The molecular formula is C17H17NO4S2. The van der Waals surface area contributed by atoms with Gasteiger partial charge >= 0.3 is 0 Å². The summed E-state index contributed by atoms with van der Waals surface area (Å²) in [5.74, 6) is 1.95. The molecule has 2 aliphatic heterocycles. The summed E-state index contributed by atoms with van der Waals surface area (Å²) < 4.78 is 39.3. The average molecular weight is 363 g/mol. The van der Waals surface area contributed by atoms with Crippen molar-refractivity contribution in [1.29, 1.82) is 0 Å². The van der Waals surface area contributed by atoms with Crippen LogP contribution in [-0.2, 0) is 10.0 Å². The molecule has 0 amide bonds. The first-order valence-corrected chi connectivity index (χ1v) is 10.2. The molecule has 0 aromatic heterocycles. The molecule has 2 aliphatic rings. The van der Waals surface area contributed by atoms with Crippen molar-refractivity contribution < 1.29 is 17.9 Å². The lowest BCUT2D eigenvalue weighted by atomic mass is 10.1. The van der Waals surface area contributed by atoms with Crippen LogP contribution in [0, 0.1) is 0 Å². The summed E-state index contributed by atoms with van der Waals surface area (Å²) in [4.78, 5) is 1.33. The zero-order valence-electron chi connectivity index (χ0n) is 12.9. The van der Waals surface area contributed by atoms with Crippen LogP contribution in [0.2, 0.25) is 0 Å². The van der Waals surface area contributed by atoms with Crippen molar-refractivity contribution in [2.75, 3.05) is 19.0 Å². The van der Waals surface area contributed by atoms with Crippen LogP contribution in [0.4, 0.5) is 0 Å². The number of rotatable bonds is 3. The quantitative estimate of drug-likeness (QED) is 0.908. The summed E-state index contributed by atoms with van der Waals surface area (Å²) in [5.41, 5.74) is 1.04. The second-order valence-electron chi connectivity index (χ2n) is 5.65. The molecule has 4 rings (SSSR count). The summed E-state index contributed by atoms with van der Waals surface area (Å²) in [5, 5.41) is 0. The van der Waals surface area contributed by atoms with E-state index in [1.807, 2.05) is 24.3 Å². The lowest BCUT2D eigenvalue weighted by Crippen LogP contribution is -2.30. The fraction of sp³-hybridized carbons (Fsp3) is 0.294. The minimum atomic E-state index is -3.63. The van der Waals surface area contributed by atoms with E-state index in [4.69, 9.17) is 9.47 Å². The third kappa shape index (κ3) is 2.99. The SMILES string of the molecule is O=S(=O)(N[C@H]1CCSc2ccccc21)c1ccc2c(c1)OCCO2. The van der Waals surface area contributed by atoms with Crippen LogP contribution < -0.4 is 14.2 Å². The van der Waals surface area contributed by atoms with E-state index in [1.54, 1.807) is 23.9 Å². The van der Waals surface area contributed by atoms with Crippen molar-refractivity contribution in [2.24, 2.45) is 0 Å². The van der Waals surface area contributed by atoms with E-state index < -0.39 is 10.0 Å². The molecule has 0 saturated heterocycles. The van der Waals surface area contributed by atoms with Gasteiger partial charge in [0.1, 0.15) is 13.2 Å². The number of fused-ring (bicyclic) bond motifs is 2. The number of sulfonamides is 1. The Hall–Kier alpha value is -1.70. The highest BCUT2D eigenvalue weighted by molar-refractivity contribution is 7.99. The van der Waals surface area contributed by atoms with Gasteiger partial charge < -0.3 is 9.47 Å². The number of nitrogens with one attached hydrogen (secondary N) is 1. The zero-order chi connectivity index (χ0) is 16.6. The van der Waals surface area contributed by atoms with Gasteiger partial charge in [0.25, 0.3) is 0 Å². The van der Waals surface area contributed by atoms with Crippen molar-refractivity contribution in [2.45, 2.75) is 22.3 Å². The molecule has 0 spiro atoms. The third-order valence-corrected chi connectivity index (χ3v) is 6.67. The van der Waals surface area contributed by atoms with Crippen LogP contribution in [0.25, 0.3) is 0 Å². The summed E-state index contributed by atoms with van der Waals surface area (Å²) in [6.45, 7) is 0.908. The molecule has 1 N–H and O–H groups in total. The van der Waals surface area contributed by atoms with Crippen LogP contribution in [0.15, 0.2) is 52.3 Å². The fourth-order valence-corrected chi connectivity index (χ4v) is 5.30. The topological polar surface area (TPSA) is 64.6 Å². The minimum absolute atomic E-state index is 0.197. The average Bonchev–Trinajstić information content (AvgIpc) is 2.61. The second kappa shape index (κ2) is 6.31. The predicted octanol–water partition coefficient (Wildman–Crippen LogP) is 2.97. The molecular weight excluding hydrogens is 346 g/mol. The molecule has 24 heavy (non-hydrogen) atoms. The molecule has 5 nitrogen and oxygen atoms in total. The first-order chi connectivity index (χ1) is 11.6. The Morgan fingerprint density at radius 1 is 1.04 bits per heavy atom. The Balaban J connectivity index is 1.62. The molecule has 0 radical (unpaired) electrons. The highest BCUT2D eigenvalue weighted by Crippen LogP contribution is 2.37. The van der Waals surface area contributed by atoms with E-state index in [0.717, 1.165) is 22.6 Å². The number of hydrogen-bond acceptors (Lipinski definition) is 5. The van der Waals surface area contributed by atoms with Crippen molar-refractivity contribution in [3.63, 3.8) is 0 Å². The normalized spacial score (nSPS) is 19.6. The lowest BCUT2D eigenvalue weighted by Gasteiger charge is -2.26. The van der Waals surface area contributed by atoms with Gasteiger partial charge in [-0.15, -0.1) is 11.8 Å². The molecule has 0 saturated carbocycles. The Bertz CT molecular complexity index is 867. The first-order valence-electron chi connectivity index (χ1n) is 7.77. The van der Waals surface area contributed by atoms with Gasteiger partial charge in [-0.05, 0) is 35.9 Å². The Morgan fingerprint density at radius 2 is 1.83 bits per heavy atom. The van der Waals surface area contributed by atoms with E-state index >= 15 is 0 Å². The van der Waals surface area contributed by atoms with Crippen LogP contribution >= 0.6 is 11.8 Å². The lowest BCUT2D eigenvalue weighted by molar-refractivity contribution is 0.171. The van der Waals surface area contributed by atoms with Gasteiger partial charge in [0.2, 0.25) is 10.0 Å². The van der Waals surface area contributed by atoms with Crippen molar-refractivity contribution >= 4 is 21.8 Å². The van der Waals surface area contributed by atoms with Crippen molar-refractivity contribution in [3.05, 3.63) is 48.0 Å². The maximum Gasteiger partial charge on any atom is 0.241 e. The molecule has 2 heterocycles. The van der Waals surface area contributed by atoms with Crippen molar-refractivity contribution in [1.82, 2.24) is 4.72 Å². The first kappa shape index (κ1) is 15.8. The number of thioether (sulfide) groups is 1. The fourth-order valence-electron chi connectivity index (χ4n) is 2.91. The van der Waals surface area contributed by atoms with E-state index in [-0.39, 0.29) is 10.9 Å². The van der Waals surface area contributed by atoms with Gasteiger partial charge in [0, 0.05) is 17.0 Å². The van der Waals surface area contributed by atoms with Gasteiger partial charge in [0.05, 0.1) is 4.90 Å². The molecule has 0 fully saturated rings. The Morgan fingerprint density at radius 3 is 2.71 bits per heavy atom. The Kier molecular flexibility index (Phi) is 4.15. The minimum Gasteiger partial charge on any atom is -0.486 e. The number of benzene rings is 2. The van der Waals surface area contributed by atoms with Crippen LogP contribution in [0.5, 0.6) is 11.5 Å². The molecule has 1 atom stereocenters. The van der Waals surface area contributed by atoms with Crippen molar-refractivity contribution in [3.8, 4) is 11.5 Å². The van der Waals surface area contributed by atoms with Gasteiger partial charge in [0.15, 0.2) is 11.5 Å². The number of ether oxygens (including phenoxy) is 2. The van der Waals surface area contributed by atoms with Gasteiger partial charge in [-0.2, -0.15) is 0 Å². The predicted molar refractivity (Wildman–Crippen MR) is 92.3 cm³/mol. The smallest absolute Gasteiger partial charge is 0.241 e. The third-order valence-electron chi connectivity index (χ3n) is 4.08. The molecule has 2 aromatic carbocycles. The molecule has 2 aromatic rings. The molecule has 126 valence electrons. The molecule has 0 aliphatic carbocycles. The summed E-state index contributed by atoms with van der Waals surface area (Å²) >= 11 is 1.76.